The zero-order chi connectivity index (χ0) is 19.8. The zero-order valence-corrected chi connectivity index (χ0v) is 15.8. The van der Waals surface area contributed by atoms with Crippen molar-refractivity contribution in [3.8, 4) is 11.1 Å². The fourth-order valence-electron chi connectivity index (χ4n) is 2.58. The Kier molecular flexibility index (Phi) is 6.59. The molecule has 3 aromatic carbocycles. The van der Waals surface area contributed by atoms with Gasteiger partial charge in [0.25, 0.3) is 0 Å². The Balaban J connectivity index is 1.63. The lowest BCUT2D eigenvalue weighted by atomic mass is 9.99. The van der Waals surface area contributed by atoms with E-state index >= 15 is 0 Å². The van der Waals surface area contributed by atoms with E-state index in [1.165, 1.54) is 17.3 Å². The molecule has 3 aromatic rings. The Morgan fingerprint density at radius 2 is 1.64 bits per heavy atom. The standard InChI is InChI=1S/C22H19N3O2S/c23-22(28-15-17-6-2-1-3-7-17)25-24-14-16-10-12-18(13-11-16)19-8-4-5-9-20(19)21(26)27/h1-14H,15H2,(H2,23,25)(H,26,27). The predicted molar refractivity (Wildman–Crippen MR) is 116 cm³/mol. The number of nitrogens with zero attached hydrogens (tertiary/aromatic N) is 2. The molecule has 140 valence electrons. The largest absolute Gasteiger partial charge is 0.478 e. The molecule has 6 heteroatoms. The van der Waals surface area contributed by atoms with Crippen LogP contribution in [-0.2, 0) is 5.75 Å². The molecule has 0 saturated carbocycles. The number of benzene rings is 3. The molecule has 0 heterocycles. The van der Waals surface area contributed by atoms with E-state index in [2.05, 4.69) is 10.2 Å². The zero-order valence-electron chi connectivity index (χ0n) is 15.0. The molecule has 0 fully saturated rings. The Bertz CT molecular complexity index is 1000. The molecule has 0 saturated heterocycles. The molecule has 0 spiro atoms. The average Bonchev–Trinajstić information content (AvgIpc) is 2.73. The summed E-state index contributed by atoms with van der Waals surface area (Å²) >= 11 is 1.43. The van der Waals surface area contributed by atoms with Gasteiger partial charge >= 0.3 is 5.97 Å². The summed E-state index contributed by atoms with van der Waals surface area (Å²) in [5, 5.41) is 17.7. The third-order valence-electron chi connectivity index (χ3n) is 3.97. The molecule has 28 heavy (non-hydrogen) atoms. The number of carbonyl (C=O) groups is 1. The number of amidine groups is 1. The van der Waals surface area contributed by atoms with Gasteiger partial charge in [-0.3, -0.25) is 0 Å². The first-order valence-electron chi connectivity index (χ1n) is 8.59. The summed E-state index contributed by atoms with van der Waals surface area (Å²) in [5.41, 5.74) is 9.68. The smallest absolute Gasteiger partial charge is 0.336 e. The second kappa shape index (κ2) is 9.53. The van der Waals surface area contributed by atoms with Gasteiger partial charge in [0.1, 0.15) is 0 Å². The molecular weight excluding hydrogens is 370 g/mol. The highest BCUT2D eigenvalue weighted by atomic mass is 32.2. The number of hydrogen-bond donors (Lipinski definition) is 2. The lowest BCUT2D eigenvalue weighted by Gasteiger charge is -2.06. The Labute approximate surface area is 167 Å². The van der Waals surface area contributed by atoms with Crippen LogP contribution in [0.25, 0.3) is 11.1 Å². The molecule has 0 aliphatic carbocycles. The molecule has 0 bridgehead atoms. The maximum atomic E-state index is 11.4. The Morgan fingerprint density at radius 1 is 0.964 bits per heavy atom. The van der Waals surface area contributed by atoms with Crippen molar-refractivity contribution in [3.63, 3.8) is 0 Å². The molecule has 3 rings (SSSR count). The number of rotatable bonds is 6. The minimum absolute atomic E-state index is 0.275. The predicted octanol–water partition coefficient (Wildman–Crippen LogP) is 4.63. The first kappa shape index (κ1) is 19.4. The summed E-state index contributed by atoms with van der Waals surface area (Å²) < 4.78 is 0. The van der Waals surface area contributed by atoms with Gasteiger partial charge in [-0.1, -0.05) is 84.6 Å². The van der Waals surface area contributed by atoms with Crippen molar-refractivity contribution < 1.29 is 9.90 Å². The van der Waals surface area contributed by atoms with Gasteiger partial charge in [-0.2, -0.15) is 5.10 Å². The van der Waals surface area contributed by atoms with Crippen molar-refractivity contribution in [2.75, 3.05) is 0 Å². The highest BCUT2D eigenvalue weighted by Gasteiger charge is 2.10. The highest BCUT2D eigenvalue weighted by Crippen LogP contribution is 2.23. The van der Waals surface area contributed by atoms with E-state index in [1.54, 1.807) is 24.4 Å². The number of aromatic carboxylic acids is 1. The Hall–Kier alpha value is -3.38. The number of hydrogen-bond acceptors (Lipinski definition) is 4. The van der Waals surface area contributed by atoms with Crippen molar-refractivity contribution in [1.29, 1.82) is 0 Å². The average molecular weight is 389 g/mol. The third-order valence-corrected chi connectivity index (χ3v) is 4.83. The summed E-state index contributed by atoms with van der Waals surface area (Å²) in [7, 11) is 0. The topological polar surface area (TPSA) is 88.0 Å². The quantitative estimate of drug-likeness (QED) is 0.365. The van der Waals surface area contributed by atoms with Crippen LogP contribution in [0.4, 0.5) is 0 Å². The summed E-state index contributed by atoms with van der Waals surface area (Å²) in [6.45, 7) is 0. The molecule has 5 nitrogen and oxygen atoms in total. The van der Waals surface area contributed by atoms with Gasteiger partial charge in [0, 0.05) is 5.75 Å². The van der Waals surface area contributed by atoms with Crippen LogP contribution >= 0.6 is 11.8 Å². The second-order valence-electron chi connectivity index (χ2n) is 5.93. The number of carboxylic acids is 1. The lowest BCUT2D eigenvalue weighted by Crippen LogP contribution is -2.05. The van der Waals surface area contributed by atoms with Crippen LogP contribution in [0.3, 0.4) is 0 Å². The maximum absolute atomic E-state index is 11.4. The van der Waals surface area contributed by atoms with Gasteiger partial charge in [0.05, 0.1) is 11.8 Å². The summed E-state index contributed by atoms with van der Waals surface area (Å²) in [6, 6.07) is 24.4. The fourth-order valence-corrected chi connectivity index (χ4v) is 3.19. The summed E-state index contributed by atoms with van der Waals surface area (Å²) in [6.07, 6.45) is 1.61. The summed E-state index contributed by atoms with van der Waals surface area (Å²) in [4.78, 5) is 11.4. The van der Waals surface area contributed by atoms with E-state index in [4.69, 9.17) is 5.73 Å². The monoisotopic (exact) mass is 389 g/mol. The minimum atomic E-state index is -0.945. The van der Waals surface area contributed by atoms with Crippen LogP contribution in [0.2, 0.25) is 0 Å². The minimum Gasteiger partial charge on any atom is -0.478 e. The second-order valence-corrected chi connectivity index (χ2v) is 6.93. The van der Waals surface area contributed by atoms with Crippen LogP contribution in [0, 0.1) is 0 Å². The van der Waals surface area contributed by atoms with Crippen molar-refractivity contribution in [3.05, 3.63) is 95.6 Å². The molecule has 0 radical (unpaired) electrons. The van der Waals surface area contributed by atoms with Gasteiger partial charge in [0.15, 0.2) is 5.17 Å². The van der Waals surface area contributed by atoms with Crippen LogP contribution in [0.15, 0.2) is 89.1 Å². The van der Waals surface area contributed by atoms with Gasteiger partial charge in [-0.05, 0) is 28.3 Å². The molecule has 0 amide bonds. The van der Waals surface area contributed by atoms with E-state index in [-0.39, 0.29) is 5.56 Å². The Morgan fingerprint density at radius 3 is 2.36 bits per heavy atom. The lowest BCUT2D eigenvalue weighted by molar-refractivity contribution is 0.0697. The number of thioether (sulfide) groups is 1. The van der Waals surface area contributed by atoms with E-state index < -0.39 is 5.97 Å². The van der Waals surface area contributed by atoms with Crippen LogP contribution in [0.1, 0.15) is 21.5 Å². The van der Waals surface area contributed by atoms with Crippen LogP contribution in [-0.4, -0.2) is 22.5 Å². The van der Waals surface area contributed by atoms with Gasteiger partial charge in [-0.25, -0.2) is 4.79 Å². The van der Waals surface area contributed by atoms with Gasteiger partial charge < -0.3 is 10.8 Å². The van der Waals surface area contributed by atoms with E-state index in [0.29, 0.717) is 10.7 Å². The van der Waals surface area contributed by atoms with Gasteiger partial charge in [0.2, 0.25) is 0 Å². The van der Waals surface area contributed by atoms with Crippen LogP contribution < -0.4 is 5.73 Å². The first-order chi connectivity index (χ1) is 13.6. The molecule has 3 N–H and O–H groups in total. The SMILES string of the molecule is NC(=NN=Cc1ccc(-c2ccccc2C(=O)O)cc1)SCc1ccccc1. The van der Waals surface area contributed by atoms with Crippen molar-refractivity contribution in [2.24, 2.45) is 15.9 Å². The van der Waals surface area contributed by atoms with Crippen molar-refractivity contribution in [1.82, 2.24) is 0 Å². The molecular formula is C22H19N3O2S. The number of nitrogens with two attached hydrogens (primary N) is 1. The van der Waals surface area contributed by atoms with Gasteiger partial charge in [-0.15, -0.1) is 5.10 Å². The number of carboxylic acid groups (broad SMARTS) is 1. The molecule has 0 atom stereocenters. The maximum Gasteiger partial charge on any atom is 0.336 e. The van der Waals surface area contributed by atoms with Crippen LogP contribution in [0.5, 0.6) is 0 Å². The normalized spacial score (nSPS) is 11.6. The molecule has 0 aliphatic rings. The molecule has 0 unspecified atom stereocenters. The third kappa shape index (κ3) is 5.31. The highest BCUT2D eigenvalue weighted by molar-refractivity contribution is 8.13. The molecule has 0 aliphatic heterocycles. The fraction of sp³-hybridized carbons (Fsp3) is 0.0455. The van der Waals surface area contributed by atoms with E-state index in [9.17, 15) is 9.90 Å². The van der Waals surface area contributed by atoms with E-state index in [1.807, 2.05) is 60.7 Å². The first-order valence-corrected chi connectivity index (χ1v) is 9.58. The van der Waals surface area contributed by atoms with Crippen molar-refractivity contribution in [2.45, 2.75) is 5.75 Å². The van der Waals surface area contributed by atoms with Crippen molar-refractivity contribution >= 4 is 29.1 Å². The summed E-state index contributed by atoms with van der Waals surface area (Å²) in [5.74, 6) is -0.206. The van der Waals surface area contributed by atoms with E-state index in [0.717, 1.165) is 16.9 Å². The molecule has 0 aromatic heterocycles.